The monoisotopic (exact) mass is 350 g/mol. The van der Waals surface area contributed by atoms with E-state index in [1.807, 2.05) is 0 Å². The van der Waals surface area contributed by atoms with E-state index in [1.54, 1.807) is 17.0 Å². The van der Waals surface area contributed by atoms with Gasteiger partial charge in [0.1, 0.15) is 5.82 Å². The van der Waals surface area contributed by atoms with E-state index in [1.165, 1.54) is 18.4 Å². The minimum atomic E-state index is -0.456. The Labute approximate surface area is 143 Å². The van der Waals surface area contributed by atoms with Crippen LogP contribution in [-0.2, 0) is 4.79 Å². The highest BCUT2D eigenvalue weighted by Crippen LogP contribution is 2.25. The van der Waals surface area contributed by atoms with Gasteiger partial charge in [-0.1, -0.05) is 11.6 Å². The summed E-state index contributed by atoms with van der Waals surface area (Å²) in [5.74, 6) is -0.709. The van der Waals surface area contributed by atoms with E-state index in [2.05, 4.69) is 5.32 Å². The molecule has 1 aliphatic rings. The Morgan fingerprint density at radius 1 is 1.25 bits per heavy atom. The molecule has 1 saturated heterocycles. The van der Waals surface area contributed by atoms with Gasteiger partial charge in [-0.3, -0.25) is 9.59 Å². The van der Waals surface area contributed by atoms with Crippen LogP contribution < -0.4 is 5.32 Å². The molecule has 2 heterocycles. The average Bonchev–Trinajstić information content (AvgIpc) is 3.11. The molecule has 0 spiro atoms. The van der Waals surface area contributed by atoms with E-state index >= 15 is 0 Å². The van der Waals surface area contributed by atoms with Crippen molar-refractivity contribution in [2.24, 2.45) is 5.92 Å². The summed E-state index contributed by atoms with van der Waals surface area (Å²) in [5, 5.41) is 2.88. The van der Waals surface area contributed by atoms with E-state index in [9.17, 15) is 14.0 Å². The number of carbonyl (C=O) groups excluding carboxylic acids is 2. The van der Waals surface area contributed by atoms with Gasteiger partial charge in [-0.25, -0.2) is 4.39 Å². The van der Waals surface area contributed by atoms with Crippen LogP contribution in [0, 0.1) is 11.7 Å². The second-order valence-corrected chi connectivity index (χ2v) is 6.06. The molecule has 7 heteroatoms. The van der Waals surface area contributed by atoms with Crippen molar-refractivity contribution in [2.75, 3.05) is 18.4 Å². The number of benzene rings is 1. The predicted molar refractivity (Wildman–Crippen MR) is 87.4 cm³/mol. The summed E-state index contributed by atoms with van der Waals surface area (Å²) in [6.45, 7) is 0.962. The standard InChI is InChI=1S/C17H16ClFN2O3/c18-13-10-12(19)3-4-14(13)20-16(22)11-5-7-21(8-6-11)17(23)15-2-1-9-24-15/h1-4,9-11H,5-8H2,(H,20,22). The van der Waals surface area contributed by atoms with Gasteiger partial charge in [0, 0.05) is 19.0 Å². The van der Waals surface area contributed by atoms with Gasteiger partial charge in [-0.15, -0.1) is 0 Å². The van der Waals surface area contributed by atoms with Gasteiger partial charge in [0.2, 0.25) is 5.91 Å². The summed E-state index contributed by atoms with van der Waals surface area (Å²) in [4.78, 5) is 26.2. The van der Waals surface area contributed by atoms with Crippen LogP contribution in [0.25, 0.3) is 0 Å². The summed E-state index contributed by atoms with van der Waals surface area (Å²) in [7, 11) is 0. The van der Waals surface area contributed by atoms with Gasteiger partial charge in [0.05, 0.1) is 17.0 Å². The molecule has 0 radical (unpaired) electrons. The fourth-order valence-corrected chi connectivity index (χ4v) is 2.94. The fraction of sp³-hybridized carbons (Fsp3) is 0.294. The zero-order chi connectivity index (χ0) is 17.1. The first-order valence-electron chi connectivity index (χ1n) is 7.63. The van der Waals surface area contributed by atoms with Crippen LogP contribution in [0.2, 0.25) is 5.02 Å². The molecule has 1 fully saturated rings. The van der Waals surface area contributed by atoms with E-state index < -0.39 is 5.82 Å². The van der Waals surface area contributed by atoms with Gasteiger partial charge >= 0.3 is 0 Å². The molecular weight excluding hydrogens is 335 g/mol. The summed E-state index contributed by atoms with van der Waals surface area (Å²) in [5.41, 5.74) is 0.386. The lowest BCUT2D eigenvalue weighted by atomic mass is 9.95. The molecule has 1 aliphatic heterocycles. The smallest absolute Gasteiger partial charge is 0.289 e. The van der Waals surface area contributed by atoms with E-state index in [0.29, 0.717) is 37.4 Å². The molecule has 3 rings (SSSR count). The molecule has 0 bridgehead atoms. The number of rotatable bonds is 3. The fourth-order valence-electron chi connectivity index (χ4n) is 2.73. The molecule has 1 aromatic carbocycles. The van der Waals surface area contributed by atoms with Crippen molar-refractivity contribution in [3.63, 3.8) is 0 Å². The Morgan fingerprint density at radius 2 is 2.00 bits per heavy atom. The number of furan rings is 1. The number of hydrogen-bond donors (Lipinski definition) is 1. The maximum absolute atomic E-state index is 13.0. The van der Waals surface area contributed by atoms with E-state index in [-0.39, 0.29) is 22.8 Å². The number of amides is 2. The first-order chi connectivity index (χ1) is 11.5. The zero-order valence-corrected chi connectivity index (χ0v) is 13.6. The first-order valence-corrected chi connectivity index (χ1v) is 8.01. The second kappa shape index (κ2) is 7.05. The van der Waals surface area contributed by atoms with E-state index in [4.69, 9.17) is 16.0 Å². The van der Waals surface area contributed by atoms with Crippen molar-refractivity contribution in [1.29, 1.82) is 0 Å². The van der Waals surface area contributed by atoms with Crippen molar-refractivity contribution in [1.82, 2.24) is 4.90 Å². The number of likely N-dealkylation sites (tertiary alicyclic amines) is 1. The molecule has 2 amide bonds. The number of carbonyl (C=O) groups is 2. The maximum atomic E-state index is 13.0. The van der Waals surface area contributed by atoms with Crippen LogP contribution in [-0.4, -0.2) is 29.8 Å². The molecule has 0 unspecified atom stereocenters. The quantitative estimate of drug-likeness (QED) is 0.920. The first kappa shape index (κ1) is 16.5. The average molecular weight is 351 g/mol. The Balaban J connectivity index is 1.56. The third kappa shape index (κ3) is 3.59. The van der Waals surface area contributed by atoms with Crippen LogP contribution in [0.3, 0.4) is 0 Å². The van der Waals surface area contributed by atoms with Crippen molar-refractivity contribution >= 4 is 29.1 Å². The van der Waals surface area contributed by atoms with Gasteiger partial charge in [-0.2, -0.15) is 0 Å². The normalized spacial score (nSPS) is 15.3. The van der Waals surface area contributed by atoms with Crippen molar-refractivity contribution in [3.05, 3.63) is 53.2 Å². The van der Waals surface area contributed by atoms with Gasteiger partial charge in [-0.05, 0) is 43.2 Å². The van der Waals surface area contributed by atoms with Crippen LogP contribution in [0.4, 0.5) is 10.1 Å². The number of nitrogens with one attached hydrogen (secondary N) is 1. The predicted octanol–water partition coefficient (Wildman–Crippen LogP) is 3.56. The molecule has 0 atom stereocenters. The van der Waals surface area contributed by atoms with Crippen molar-refractivity contribution in [3.8, 4) is 0 Å². The molecule has 1 aromatic heterocycles. The third-order valence-electron chi connectivity index (χ3n) is 4.07. The van der Waals surface area contributed by atoms with Crippen LogP contribution >= 0.6 is 11.6 Å². The van der Waals surface area contributed by atoms with Crippen LogP contribution in [0.5, 0.6) is 0 Å². The van der Waals surface area contributed by atoms with Gasteiger partial charge in [0.25, 0.3) is 5.91 Å². The molecule has 5 nitrogen and oxygen atoms in total. The molecule has 0 aliphatic carbocycles. The minimum Gasteiger partial charge on any atom is -0.459 e. The largest absolute Gasteiger partial charge is 0.459 e. The highest BCUT2D eigenvalue weighted by Gasteiger charge is 2.29. The SMILES string of the molecule is O=C(Nc1ccc(F)cc1Cl)C1CCN(C(=O)c2ccco2)CC1. The number of piperidine rings is 1. The van der Waals surface area contributed by atoms with Gasteiger partial charge < -0.3 is 14.6 Å². The Kier molecular flexibility index (Phi) is 4.85. The zero-order valence-electron chi connectivity index (χ0n) is 12.8. The molecular formula is C17H16ClFN2O3. The summed E-state index contributed by atoms with van der Waals surface area (Å²) in [6, 6.07) is 7.12. The molecule has 24 heavy (non-hydrogen) atoms. The number of nitrogens with zero attached hydrogens (tertiary/aromatic N) is 1. The molecule has 0 saturated carbocycles. The second-order valence-electron chi connectivity index (χ2n) is 5.66. The number of hydrogen-bond acceptors (Lipinski definition) is 3. The van der Waals surface area contributed by atoms with E-state index in [0.717, 1.165) is 6.07 Å². The highest BCUT2D eigenvalue weighted by molar-refractivity contribution is 6.33. The van der Waals surface area contributed by atoms with Crippen molar-refractivity contribution in [2.45, 2.75) is 12.8 Å². The summed E-state index contributed by atoms with van der Waals surface area (Å²) >= 11 is 5.92. The minimum absolute atomic E-state index is 0.161. The topological polar surface area (TPSA) is 62.6 Å². The van der Waals surface area contributed by atoms with Gasteiger partial charge in [0.15, 0.2) is 5.76 Å². The lowest BCUT2D eigenvalue weighted by Gasteiger charge is -2.30. The highest BCUT2D eigenvalue weighted by atomic mass is 35.5. The van der Waals surface area contributed by atoms with Crippen LogP contribution in [0.1, 0.15) is 23.4 Å². The Bertz CT molecular complexity index is 740. The third-order valence-corrected chi connectivity index (χ3v) is 4.39. The molecule has 126 valence electrons. The Hall–Kier alpha value is -2.34. The molecule has 1 N–H and O–H groups in total. The number of anilines is 1. The summed E-state index contributed by atoms with van der Waals surface area (Å²) in [6.07, 6.45) is 2.56. The maximum Gasteiger partial charge on any atom is 0.289 e. The summed E-state index contributed by atoms with van der Waals surface area (Å²) < 4.78 is 18.1. The number of halogens is 2. The molecule has 2 aromatic rings. The lowest BCUT2D eigenvalue weighted by molar-refractivity contribution is -0.121. The lowest BCUT2D eigenvalue weighted by Crippen LogP contribution is -2.41. The van der Waals surface area contributed by atoms with Crippen LogP contribution in [0.15, 0.2) is 41.0 Å². The van der Waals surface area contributed by atoms with Crippen molar-refractivity contribution < 1.29 is 18.4 Å². The Morgan fingerprint density at radius 3 is 2.62 bits per heavy atom.